The molecule has 1 rings (SSSR count). The fourth-order valence-electron chi connectivity index (χ4n) is 2.97. The van der Waals surface area contributed by atoms with Gasteiger partial charge in [-0.2, -0.15) is 5.10 Å². The van der Waals surface area contributed by atoms with Crippen molar-refractivity contribution in [2.45, 2.75) is 60.0 Å². The Hall–Kier alpha value is -1.43. The quantitative estimate of drug-likeness (QED) is 0.616. The Morgan fingerprint density at radius 2 is 1.95 bits per heavy atom. The number of hydrogen-bond acceptors (Lipinski definition) is 4. The van der Waals surface area contributed by atoms with Crippen LogP contribution in [0.4, 0.5) is 5.69 Å². The molecule has 0 saturated heterocycles. The number of nitrogens with one attached hydrogen (secondary N) is 1. The molecule has 1 aromatic heterocycles. The van der Waals surface area contributed by atoms with E-state index >= 15 is 0 Å². The van der Waals surface area contributed by atoms with Crippen molar-refractivity contribution in [1.29, 1.82) is 0 Å². The third-order valence-corrected chi connectivity index (χ3v) is 3.71. The number of nitrogens with zero attached hydrogens (tertiary/aromatic N) is 3. The lowest BCUT2D eigenvalue weighted by molar-refractivity contribution is -0.386. The summed E-state index contributed by atoms with van der Waals surface area (Å²) in [4.78, 5) is 11.1. The highest BCUT2D eigenvalue weighted by atomic mass is 16.6. The number of likely N-dealkylation sites (N-methyl/N-ethyl adjacent to an activating group) is 1. The van der Waals surface area contributed by atoms with Crippen LogP contribution in [0, 0.1) is 23.0 Å². The minimum Gasteiger partial charge on any atom is -0.314 e. The number of rotatable bonds is 7. The average Bonchev–Trinajstić information content (AvgIpc) is 2.66. The lowest BCUT2D eigenvalue weighted by atomic mass is 9.85. The fraction of sp³-hybridized carbons (Fsp3) is 0.786. The van der Waals surface area contributed by atoms with E-state index in [0.29, 0.717) is 18.2 Å². The Morgan fingerprint density at radius 1 is 1.35 bits per heavy atom. The molecule has 0 amide bonds. The third kappa shape index (κ3) is 3.17. The van der Waals surface area contributed by atoms with Crippen LogP contribution in [0.5, 0.6) is 0 Å². The molecule has 6 nitrogen and oxygen atoms in total. The molecule has 0 fully saturated rings. The molecule has 6 heteroatoms. The van der Waals surface area contributed by atoms with Crippen molar-refractivity contribution in [3.05, 3.63) is 21.5 Å². The van der Waals surface area contributed by atoms with Crippen molar-refractivity contribution in [3.8, 4) is 0 Å². The number of aromatic nitrogens is 2. The van der Waals surface area contributed by atoms with Gasteiger partial charge in [0, 0.05) is 18.5 Å². The van der Waals surface area contributed by atoms with Crippen LogP contribution < -0.4 is 5.32 Å². The zero-order chi connectivity index (χ0) is 15.4. The van der Waals surface area contributed by atoms with Crippen molar-refractivity contribution in [3.63, 3.8) is 0 Å². The fourth-order valence-corrected chi connectivity index (χ4v) is 2.97. The zero-order valence-corrected chi connectivity index (χ0v) is 13.3. The van der Waals surface area contributed by atoms with E-state index in [1.807, 2.05) is 13.8 Å². The van der Waals surface area contributed by atoms with Gasteiger partial charge in [-0.1, -0.05) is 20.8 Å². The van der Waals surface area contributed by atoms with Crippen molar-refractivity contribution < 1.29 is 4.92 Å². The zero-order valence-electron chi connectivity index (χ0n) is 13.3. The number of hydrogen-bond donors (Lipinski definition) is 1. The summed E-state index contributed by atoms with van der Waals surface area (Å²) in [6.07, 6.45) is 0. The van der Waals surface area contributed by atoms with E-state index in [2.05, 4.69) is 31.2 Å². The molecule has 0 saturated carbocycles. The maximum atomic E-state index is 11.4. The molecule has 0 bridgehead atoms. The van der Waals surface area contributed by atoms with E-state index < -0.39 is 0 Å². The van der Waals surface area contributed by atoms with Crippen molar-refractivity contribution in [1.82, 2.24) is 15.1 Å². The first-order valence-electron chi connectivity index (χ1n) is 7.30. The number of nitro groups is 1. The minimum atomic E-state index is -0.294. The van der Waals surface area contributed by atoms with Crippen molar-refractivity contribution in [2.24, 2.45) is 5.92 Å². The summed E-state index contributed by atoms with van der Waals surface area (Å²) < 4.78 is 1.78. The lowest BCUT2D eigenvalue weighted by Gasteiger charge is -2.28. The summed E-state index contributed by atoms with van der Waals surface area (Å²) in [5.41, 5.74) is 1.43. The summed E-state index contributed by atoms with van der Waals surface area (Å²) in [5, 5.41) is 19.1. The SMILES string of the molecule is CCNC(C)C(c1c([N+](=O)[O-])c(C)nn1CC)C(C)C. The van der Waals surface area contributed by atoms with Crippen molar-refractivity contribution in [2.75, 3.05) is 6.54 Å². The molecule has 1 aromatic rings. The highest BCUT2D eigenvalue weighted by molar-refractivity contribution is 5.43. The lowest BCUT2D eigenvalue weighted by Crippen LogP contribution is -2.36. The van der Waals surface area contributed by atoms with Crippen LogP contribution in [0.15, 0.2) is 0 Å². The van der Waals surface area contributed by atoms with E-state index in [0.717, 1.165) is 12.2 Å². The molecule has 0 aliphatic rings. The molecule has 1 N–H and O–H groups in total. The molecule has 2 atom stereocenters. The van der Waals surface area contributed by atoms with Gasteiger partial charge in [-0.05, 0) is 33.2 Å². The van der Waals surface area contributed by atoms with Gasteiger partial charge in [0.15, 0.2) is 0 Å². The van der Waals surface area contributed by atoms with Crippen LogP contribution in [0.3, 0.4) is 0 Å². The van der Waals surface area contributed by atoms with Gasteiger partial charge >= 0.3 is 5.69 Å². The van der Waals surface area contributed by atoms with Crippen LogP contribution in [-0.4, -0.2) is 27.3 Å². The molecule has 0 aliphatic heterocycles. The van der Waals surface area contributed by atoms with E-state index in [-0.39, 0.29) is 22.6 Å². The topological polar surface area (TPSA) is 73.0 Å². The smallest absolute Gasteiger partial charge is 0.313 e. The molecule has 2 unspecified atom stereocenters. The van der Waals surface area contributed by atoms with Crippen LogP contribution in [0.2, 0.25) is 0 Å². The molecule has 1 heterocycles. The van der Waals surface area contributed by atoms with Gasteiger partial charge in [-0.25, -0.2) is 0 Å². The van der Waals surface area contributed by atoms with E-state index in [9.17, 15) is 10.1 Å². The minimum absolute atomic E-state index is 0.0662. The largest absolute Gasteiger partial charge is 0.314 e. The van der Waals surface area contributed by atoms with Gasteiger partial charge in [0.1, 0.15) is 11.4 Å². The number of aryl methyl sites for hydroxylation is 2. The Morgan fingerprint density at radius 3 is 2.35 bits per heavy atom. The summed E-state index contributed by atoms with van der Waals surface area (Å²) >= 11 is 0. The van der Waals surface area contributed by atoms with Gasteiger partial charge in [0.05, 0.1) is 4.92 Å². The van der Waals surface area contributed by atoms with E-state index in [1.54, 1.807) is 11.6 Å². The van der Waals surface area contributed by atoms with Gasteiger partial charge in [0.25, 0.3) is 0 Å². The summed E-state index contributed by atoms with van der Waals surface area (Å²) in [5.74, 6) is 0.362. The van der Waals surface area contributed by atoms with Crippen LogP contribution in [-0.2, 0) is 6.54 Å². The van der Waals surface area contributed by atoms with E-state index in [4.69, 9.17) is 0 Å². The standard InChI is InChI=1S/C14H26N4O2/c1-7-15-10(5)12(9(3)4)14-13(18(19)20)11(6)16-17(14)8-2/h9-10,12,15H,7-8H2,1-6H3. The Labute approximate surface area is 120 Å². The molecular weight excluding hydrogens is 256 g/mol. The summed E-state index contributed by atoms with van der Waals surface area (Å²) in [6, 6.07) is 0.167. The second kappa shape index (κ2) is 6.83. The third-order valence-electron chi connectivity index (χ3n) is 3.71. The predicted molar refractivity (Wildman–Crippen MR) is 80.0 cm³/mol. The normalized spacial score (nSPS) is 14.6. The Kier molecular flexibility index (Phi) is 5.68. The first kappa shape index (κ1) is 16.6. The highest BCUT2D eigenvalue weighted by Crippen LogP contribution is 2.36. The second-order valence-corrected chi connectivity index (χ2v) is 5.51. The molecule has 114 valence electrons. The second-order valence-electron chi connectivity index (χ2n) is 5.51. The van der Waals surface area contributed by atoms with Crippen LogP contribution in [0.1, 0.15) is 51.9 Å². The molecular formula is C14H26N4O2. The first-order valence-corrected chi connectivity index (χ1v) is 7.30. The predicted octanol–water partition coefficient (Wildman–Crippen LogP) is 2.86. The molecule has 0 radical (unpaired) electrons. The molecule has 0 aliphatic carbocycles. The van der Waals surface area contributed by atoms with Crippen LogP contribution in [0.25, 0.3) is 0 Å². The molecule has 0 aromatic carbocycles. The van der Waals surface area contributed by atoms with Gasteiger partial charge in [0.2, 0.25) is 0 Å². The van der Waals surface area contributed by atoms with Gasteiger partial charge in [-0.3, -0.25) is 14.8 Å². The van der Waals surface area contributed by atoms with Crippen LogP contribution >= 0.6 is 0 Å². The van der Waals surface area contributed by atoms with Gasteiger partial charge in [-0.15, -0.1) is 0 Å². The summed E-state index contributed by atoms with van der Waals surface area (Å²) in [7, 11) is 0. The average molecular weight is 282 g/mol. The molecule has 0 spiro atoms. The summed E-state index contributed by atoms with van der Waals surface area (Å²) in [6.45, 7) is 13.5. The maximum absolute atomic E-state index is 11.4. The highest BCUT2D eigenvalue weighted by Gasteiger charge is 2.35. The Balaban J connectivity index is 3.41. The maximum Gasteiger partial charge on any atom is 0.313 e. The Bertz CT molecular complexity index is 468. The molecule has 20 heavy (non-hydrogen) atoms. The van der Waals surface area contributed by atoms with E-state index in [1.165, 1.54) is 0 Å². The monoisotopic (exact) mass is 282 g/mol. The van der Waals surface area contributed by atoms with Crippen molar-refractivity contribution >= 4 is 5.69 Å². The first-order chi connectivity index (χ1) is 9.34. The van der Waals surface area contributed by atoms with Gasteiger partial charge < -0.3 is 5.32 Å².